The van der Waals surface area contributed by atoms with Gasteiger partial charge in [0.05, 0.1) is 38.2 Å². The maximum Gasteiger partial charge on any atom is 0.286 e. The number of hydrogen-bond donors (Lipinski definition) is 1. The number of aryl methyl sites for hydroxylation is 1. The molecule has 1 N–H and O–H groups in total. The van der Waals surface area contributed by atoms with Crippen LogP contribution in [0.25, 0.3) is 6.08 Å². The molecule has 2 aliphatic rings. The zero-order chi connectivity index (χ0) is 20.4. The van der Waals surface area contributed by atoms with Crippen LogP contribution in [0.3, 0.4) is 0 Å². The summed E-state index contributed by atoms with van der Waals surface area (Å²) in [7, 11) is 1.46. The Balaban J connectivity index is 1.41. The Morgan fingerprint density at radius 3 is 2.72 bits per heavy atom. The lowest BCUT2D eigenvalue weighted by Gasteiger charge is -2.32. The number of carbonyl (C=O) groups is 1. The number of nitrogens with one attached hydrogen (secondary N) is 1. The highest BCUT2D eigenvalue weighted by Gasteiger charge is 2.30. The first-order chi connectivity index (χ1) is 14.0. The van der Waals surface area contributed by atoms with Crippen LogP contribution in [0.15, 0.2) is 52.4 Å². The zero-order valence-corrected chi connectivity index (χ0v) is 17.3. The van der Waals surface area contributed by atoms with Crippen molar-refractivity contribution in [3.8, 4) is 11.5 Å². The van der Waals surface area contributed by atoms with E-state index in [-0.39, 0.29) is 17.4 Å². The van der Waals surface area contributed by atoms with Crippen molar-refractivity contribution in [2.45, 2.75) is 6.92 Å². The third-order valence-corrected chi connectivity index (χ3v) is 6.20. The Labute approximate surface area is 174 Å². The van der Waals surface area contributed by atoms with Crippen LogP contribution in [0.5, 0.6) is 11.5 Å². The Hall–Kier alpha value is -2.77. The number of methoxy groups -OCH3 is 1. The molecular weight excluding hydrogens is 386 g/mol. The number of carbonyl (C=O) groups excluding carboxylic acids is 1. The number of amidine groups is 1. The first-order valence-corrected chi connectivity index (χ1v) is 10.4. The fraction of sp³-hybridized carbons (Fsp3) is 0.273. The summed E-state index contributed by atoms with van der Waals surface area (Å²) >= 11 is 1.40. The van der Waals surface area contributed by atoms with Crippen molar-refractivity contribution in [2.75, 3.05) is 33.3 Å². The fourth-order valence-corrected chi connectivity index (χ4v) is 4.55. The van der Waals surface area contributed by atoms with Crippen LogP contribution in [0, 0.1) is 6.92 Å². The number of amides is 1. The average molecular weight is 410 g/mol. The second-order valence-electron chi connectivity index (χ2n) is 7.18. The highest BCUT2D eigenvalue weighted by Crippen LogP contribution is 2.32. The average Bonchev–Trinajstić information content (AvgIpc) is 3.10. The monoisotopic (exact) mass is 409 g/mol. The SMILES string of the molecule is COc1cc(/C=C2/SC(N3CC[NH+](c4cccc(C)c4)CC3)=NC2=O)ccc1[O-]. The normalized spacial score (nSPS) is 19.0. The summed E-state index contributed by atoms with van der Waals surface area (Å²) in [5, 5.41) is 12.4. The molecule has 150 valence electrons. The van der Waals surface area contributed by atoms with Gasteiger partial charge in [-0.25, -0.2) is 0 Å². The Kier molecular flexibility index (Phi) is 5.60. The summed E-state index contributed by atoms with van der Waals surface area (Å²) in [4.78, 5) is 20.8. The lowest BCUT2D eigenvalue weighted by Crippen LogP contribution is -3.10. The first-order valence-electron chi connectivity index (χ1n) is 9.58. The van der Waals surface area contributed by atoms with Gasteiger partial charge < -0.3 is 14.7 Å². The molecule has 1 fully saturated rings. The molecule has 1 saturated heterocycles. The maximum absolute atomic E-state index is 12.4. The molecule has 0 spiro atoms. The molecule has 2 aromatic rings. The number of rotatable bonds is 3. The molecule has 0 aromatic heterocycles. The predicted octanol–water partition coefficient (Wildman–Crippen LogP) is 1.58. The number of thioether (sulfide) groups is 1. The minimum atomic E-state index is -0.233. The van der Waals surface area contributed by atoms with E-state index in [4.69, 9.17) is 4.74 Å². The highest BCUT2D eigenvalue weighted by atomic mass is 32.2. The molecule has 0 bridgehead atoms. The standard InChI is InChI=1S/C22H23N3O3S/c1-15-4-3-5-17(12-15)24-8-10-25(11-9-24)22-23-21(27)20(29-22)14-16-6-7-18(26)19(13-16)28-2/h3-7,12-14,26H,8-11H2,1-2H3/b20-14+. The van der Waals surface area contributed by atoms with Gasteiger partial charge in [-0.15, -0.1) is 0 Å². The molecule has 6 nitrogen and oxygen atoms in total. The van der Waals surface area contributed by atoms with Crippen molar-refractivity contribution in [1.82, 2.24) is 4.90 Å². The van der Waals surface area contributed by atoms with Gasteiger partial charge in [0.2, 0.25) is 0 Å². The van der Waals surface area contributed by atoms with E-state index in [1.165, 1.54) is 41.1 Å². The number of aliphatic imine (C=N–C) groups is 1. The van der Waals surface area contributed by atoms with Gasteiger partial charge in [0.15, 0.2) is 5.17 Å². The summed E-state index contributed by atoms with van der Waals surface area (Å²) in [6.45, 7) is 5.77. The van der Waals surface area contributed by atoms with Crippen LogP contribution in [0.1, 0.15) is 11.1 Å². The van der Waals surface area contributed by atoms with Gasteiger partial charge in [-0.1, -0.05) is 30.0 Å². The van der Waals surface area contributed by atoms with E-state index in [0.717, 1.165) is 36.9 Å². The molecule has 0 atom stereocenters. The highest BCUT2D eigenvalue weighted by molar-refractivity contribution is 8.18. The van der Waals surface area contributed by atoms with Crippen molar-refractivity contribution < 1.29 is 19.5 Å². The molecular formula is C22H23N3O3S. The van der Waals surface area contributed by atoms with Gasteiger partial charge in [-0.3, -0.25) is 9.69 Å². The van der Waals surface area contributed by atoms with Gasteiger partial charge >= 0.3 is 0 Å². The smallest absolute Gasteiger partial charge is 0.286 e. The third-order valence-electron chi connectivity index (χ3n) is 5.16. The summed E-state index contributed by atoms with van der Waals surface area (Å²) in [6, 6.07) is 13.4. The van der Waals surface area contributed by atoms with Crippen LogP contribution in [0.2, 0.25) is 0 Å². The van der Waals surface area contributed by atoms with Crippen molar-refractivity contribution in [1.29, 1.82) is 0 Å². The van der Waals surface area contributed by atoms with Gasteiger partial charge in [-0.05, 0) is 48.0 Å². The molecule has 2 aliphatic heterocycles. The molecule has 1 amide bonds. The molecule has 4 rings (SSSR count). The minimum absolute atomic E-state index is 0.175. The Morgan fingerprint density at radius 1 is 1.21 bits per heavy atom. The summed E-state index contributed by atoms with van der Waals surface area (Å²) in [5.74, 6) is -0.138. The quantitative estimate of drug-likeness (QED) is 0.780. The molecule has 2 heterocycles. The maximum atomic E-state index is 12.4. The molecule has 29 heavy (non-hydrogen) atoms. The lowest BCUT2D eigenvalue weighted by molar-refractivity contribution is -0.837. The number of benzene rings is 2. The van der Waals surface area contributed by atoms with Crippen molar-refractivity contribution in [3.63, 3.8) is 0 Å². The molecule has 0 radical (unpaired) electrons. The molecule has 0 unspecified atom stereocenters. The van der Waals surface area contributed by atoms with Crippen molar-refractivity contribution in [2.24, 2.45) is 4.99 Å². The predicted molar refractivity (Wildman–Crippen MR) is 114 cm³/mol. The first kappa shape index (κ1) is 19.5. The molecule has 2 aromatic carbocycles. The number of piperazine rings is 1. The van der Waals surface area contributed by atoms with Crippen molar-refractivity contribution >= 4 is 34.6 Å². The van der Waals surface area contributed by atoms with E-state index in [0.29, 0.717) is 4.91 Å². The largest absolute Gasteiger partial charge is 0.870 e. The van der Waals surface area contributed by atoms with E-state index < -0.39 is 0 Å². The fourth-order valence-electron chi connectivity index (χ4n) is 3.58. The van der Waals surface area contributed by atoms with Gasteiger partial charge in [0, 0.05) is 6.07 Å². The second kappa shape index (κ2) is 8.31. The van der Waals surface area contributed by atoms with Crippen LogP contribution in [-0.4, -0.2) is 49.3 Å². The zero-order valence-electron chi connectivity index (χ0n) is 16.5. The van der Waals surface area contributed by atoms with E-state index in [2.05, 4.69) is 41.1 Å². The van der Waals surface area contributed by atoms with Crippen LogP contribution < -0.4 is 14.7 Å². The summed E-state index contributed by atoms with van der Waals surface area (Å²) in [5.41, 5.74) is 3.34. The van der Waals surface area contributed by atoms with E-state index in [1.54, 1.807) is 18.2 Å². The minimum Gasteiger partial charge on any atom is -0.870 e. The number of nitrogens with zero attached hydrogens (tertiary/aromatic N) is 2. The van der Waals surface area contributed by atoms with Crippen molar-refractivity contribution in [3.05, 3.63) is 58.5 Å². The van der Waals surface area contributed by atoms with E-state index >= 15 is 0 Å². The molecule has 0 aliphatic carbocycles. The van der Waals surface area contributed by atoms with E-state index in [1.807, 2.05) is 0 Å². The summed E-state index contributed by atoms with van der Waals surface area (Å²) in [6.07, 6.45) is 1.76. The number of quaternary nitrogens is 1. The second-order valence-corrected chi connectivity index (χ2v) is 8.19. The van der Waals surface area contributed by atoms with Gasteiger partial charge in [0.1, 0.15) is 11.4 Å². The Morgan fingerprint density at radius 2 is 2.00 bits per heavy atom. The summed E-state index contributed by atoms with van der Waals surface area (Å²) < 4.78 is 5.07. The van der Waals surface area contributed by atoms with E-state index in [9.17, 15) is 9.90 Å². The topological polar surface area (TPSA) is 69.4 Å². The number of ether oxygens (including phenoxy) is 1. The van der Waals surface area contributed by atoms with Gasteiger partial charge in [-0.2, -0.15) is 4.99 Å². The third kappa shape index (κ3) is 4.31. The van der Waals surface area contributed by atoms with Crippen LogP contribution in [-0.2, 0) is 4.79 Å². The Bertz CT molecular complexity index is 995. The molecule has 7 heteroatoms. The lowest BCUT2D eigenvalue weighted by atomic mass is 10.2. The van der Waals surface area contributed by atoms with Crippen LogP contribution in [0.4, 0.5) is 5.69 Å². The van der Waals surface area contributed by atoms with Gasteiger partial charge in [0.25, 0.3) is 5.91 Å². The van der Waals surface area contributed by atoms with Crippen LogP contribution >= 0.6 is 11.8 Å². The molecule has 0 saturated carbocycles. The number of hydrogen-bond acceptors (Lipinski definition) is 5.